The van der Waals surface area contributed by atoms with Gasteiger partial charge in [-0.1, -0.05) is 24.9 Å². The highest BCUT2D eigenvalue weighted by Gasteiger charge is 2.18. The first-order chi connectivity index (χ1) is 12.3. The van der Waals surface area contributed by atoms with Gasteiger partial charge in [0, 0.05) is 10.6 Å². The Bertz CT molecular complexity index is 834. The first-order valence-corrected chi connectivity index (χ1v) is 9.70. The van der Waals surface area contributed by atoms with Crippen molar-refractivity contribution in [2.75, 3.05) is 13.7 Å². The summed E-state index contributed by atoms with van der Waals surface area (Å²) in [5, 5.41) is 0.458. The number of nitrogens with zero attached hydrogens (tertiary/aromatic N) is 2. The van der Waals surface area contributed by atoms with Crippen molar-refractivity contribution in [3.05, 3.63) is 39.7 Å². The van der Waals surface area contributed by atoms with Gasteiger partial charge in [0.15, 0.2) is 10.4 Å². The average Bonchev–Trinajstić information content (AvgIpc) is 2.98. The van der Waals surface area contributed by atoms with E-state index in [9.17, 15) is 4.79 Å². The van der Waals surface area contributed by atoms with Crippen LogP contribution in [-0.2, 0) is 5.54 Å². The van der Waals surface area contributed by atoms with Crippen LogP contribution < -0.4 is 14.1 Å². The standard InChI is InChI=1S/C19H25ClN2O3S/c1-6-7-10-25-16-12-22(19(2,3)4)26-18(16)21-17(23)14-11-13(20)8-9-15(14)24-5/h8-9,11-12H,6-7,10H2,1-5H3. The number of benzene rings is 1. The zero-order valence-electron chi connectivity index (χ0n) is 15.8. The molecule has 7 heteroatoms. The molecular formula is C19H25ClN2O3S. The first-order valence-electron chi connectivity index (χ1n) is 8.55. The number of hydrogen-bond donors (Lipinski definition) is 0. The zero-order valence-corrected chi connectivity index (χ0v) is 17.4. The average molecular weight is 397 g/mol. The molecule has 0 bridgehead atoms. The lowest BCUT2D eigenvalue weighted by atomic mass is 10.1. The molecule has 0 unspecified atom stereocenters. The van der Waals surface area contributed by atoms with Crippen LogP contribution in [0, 0.1) is 0 Å². The Balaban J connectivity index is 2.46. The third kappa shape index (κ3) is 5.11. The molecule has 0 saturated heterocycles. The maximum atomic E-state index is 12.7. The van der Waals surface area contributed by atoms with Crippen LogP contribution in [-0.4, -0.2) is 23.6 Å². The van der Waals surface area contributed by atoms with Crippen LogP contribution in [0.2, 0.25) is 5.02 Å². The summed E-state index contributed by atoms with van der Waals surface area (Å²) >= 11 is 7.42. The highest BCUT2D eigenvalue weighted by Crippen LogP contribution is 2.24. The fourth-order valence-electron chi connectivity index (χ4n) is 2.16. The summed E-state index contributed by atoms with van der Waals surface area (Å²) in [6.45, 7) is 8.96. The van der Waals surface area contributed by atoms with Gasteiger partial charge in [-0.25, -0.2) is 0 Å². The fourth-order valence-corrected chi connectivity index (χ4v) is 3.26. The summed E-state index contributed by atoms with van der Waals surface area (Å²) in [6, 6.07) is 4.90. The second-order valence-corrected chi connectivity index (χ2v) is 8.25. The summed E-state index contributed by atoms with van der Waals surface area (Å²) in [5.74, 6) is 0.650. The van der Waals surface area contributed by atoms with Crippen LogP contribution in [0.5, 0.6) is 11.5 Å². The molecule has 0 N–H and O–H groups in total. The summed E-state index contributed by atoms with van der Waals surface area (Å²) in [7, 11) is 1.51. The molecule has 0 spiro atoms. The molecule has 2 aromatic rings. The second kappa shape index (κ2) is 8.73. The van der Waals surface area contributed by atoms with Gasteiger partial charge in [-0.15, -0.1) is 0 Å². The summed E-state index contributed by atoms with van der Waals surface area (Å²) in [4.78, 5) is 17.0. The molecule has 1 amide bonds. The Hall–Kier alpha value is -1.79. The molecule has 5 nitrogen and oxygen atoms in total. The van der Waals surface area contributed by atoms with Gasteiger partial charge >= 0.3 is 0 Å². The third-order valence-electron chi connectivity index (χ3n) is 3.64. The van der Waals surface area contributed by atoms with Crippen molar-refractivity contribution < 1.29 is 14.3 Å². The molecule has 0 atom stereocenters. The predicted octanol–water partition coefficient (Wildman–Crippen LogP) is 4.89. The molecule has 0 radical (unpaired) electrons. The van der Waals surface area contributed by atoms with Crippen molar-refractivity contribution >= 4 is 29.0 Å². The number of ether oxygens (including phenoxy) is 2. The Morgan fingerprint density at radius 2 is 2.04 bits per heavy atom. The first kappa shape index (κ1) is 20.5. The number of unbranched alkanes of at least 4 members (excludes halogenated alkanes) is 1. The zero-order chi connectivity index (χ0) is 19.3. The maximum Gasteiger partial charge on any atom is 0.282 e. The predicted molar refractivity (Wildman–Crippen MR) is 106 cm³/mol. The van der Waals surface area contributed by atoms with E-state index in [1.807, 2.05) is 10.2 Å². The van der Waals surface area contributed by atoms with E-state index >= 15 is 0 Å². The smallest absolute Gasteiger partial charge is 0.282 e. The largest absolute Gasteiger partial charge is 0.496 e. The number of aromatic nitrogens is 1. The topological polar surface area (TPSA) is 52.8 Å². The van der Waals surface area contributed by atoms with Crippen LogP contribution in [0.1, 0.15) is 50.9 Å². The van der Waals surface area contributed by atoms with E-state index in [1.165, 1.54) is 18.6 Å². The summed E-state index contributed by atoms with van der Waals surface area (Å²) < 4.78 is 13.7. The van der Waals surface area contributed by atoms with Crippen LogP contribution in [0.25, 0.3) is 0 Å². The lowest BCUT2D eigenvalue weighted by Gasteiger charge is -2.18. The number of carbonyl (C=O) groups excluding carboxylic acids is 1. The molecule has 142 valence electrons. The van der Waals surface area contributed by atoms with Crippen molar-refractivity contribution in [2.45, 2.75) is 46.1 Å². The monoisotopic (exact) mass is 396 g/mol. The van der Waals surface area contributed by atoms with Gasteiger partial charge < -0.3 is 9.47 Å². The Morgan fingerprint density at radius 1 is 1.31 bits per heavy atom. The molecule has 0 aliphatic carbocycles. The normalized spacial score (nSPS) is 12.3. The minimum absolute atomic E-state index is 0.127. The SMILES string of the molecule is CCCCOc1cn(C(C)(C)C)sc1=NC(=O)c1cc(Cl)ccc1OC. The van der Waals surface area contributed by atoms with E-state index in [0.717, 1.165) is 12.8 Å². The Morgan fingerprint density at radius 3 is 2.65 bits per heavy atom. The lowest BCUT2D eigenvalue weighted by Crippen LogP contribution is -2.18. The van der Waals surface area contributed by atoms with E-state index in [0.29, 0.717) is 33.4 Å². The van der Waals surface area contributed by atoms with E-state index in [2.05, 4.69) is 32.7 Å². The molecule has 1 aromatic heterocycles. The van der Waals surface area contributed by atoms with E-state index in [1.54, 1.807) is 18.2 Å². The van der Waals surface area contributed by atoms with Crippen LogP contribution in [0.4, 0.5) is 0 Å². The van der Waals surface area contributed by atoms with E-state index in [4.69, 9.17) is 21.1 Å². The van der Waals surface area contributed by atoms with Crippen molar-refractivity contribution in [3.63, 3.8) is 0 Å². The fraction of sp³-hybridized carbons (Fsp3) is 0.474. The van der Waals surface area contributed by atoms with Crippen molar-refractivity contribution in [1.29, 1.82) is 0 Å². The molecule has 26 heavy (non-hydrogen) atoms. The maximum absolute atomic E-state index is 12.7. The van der Waals surface area contributed by atoms with Crippen molar-refractivity contribution in [1.82, 2.24) is 3.96 Å². The molecule has 0 fully saturated rings. The highest BCUT2D eigenvalue weighted by atomic mass is 35.5. The minimum Gasteiger partial charge on any atom is -0.496 e. The molecule has 0 aliphatic heterocycles. The summed E-state index contributed by atoms with van der Waals surface area (Å²) in [6.07, 6.45) is 3.89. The summed E-state index contributed by atoms with van der Waals surface area (Å²) in [5.41, 5.74) is 0.202. The minimum atomic E-state index is -0.410. The van der Waals surface area contributed by atoms with Crippen LogP contribution in [0.3, 0.4) is 0 Å². The van der Waals surface area contributed by atoms with Gasteiger partial charge in [0.05, 0.1) is 25.5 Å². The third-order valence-corrected chi connectivity index (χ3v) is 5.19. The lowest BCUT2D eigenvalue weighted by molar-refractivity contribution is 0.0995. The number of methoxy groups -OCH3 is 1. The number of halogens is 1. The molecule has 0 aliphatic rings. The molecule has 1 aromatic carbocycles. The molecule has 2 rings (SSSR count). The van der Waals surface area contributed by atoms with Gasteiger partial charge in [-0.2, -0.15) is 4.99 Å². The van der Waals surface area contributed by atoms with E-state index < -0.39 is 5.91 Å². The Kier molecular flexibility index (Phi) is 6.89. The quantitative estimate of drug-likeness (QED) is 0.653. The van der Waals surface area contributed by atoms with Crippen molar-refractivity contribution in [3.8, 4) is 11.5 Å². The molecule has 1 heterocycles. The number of carbonyl (C=O) groups is 1. The molecular weight excluding hydrogens is 372 g/mol. The van der Waals surface area contributed by atoms with Crippen molar-refractivity contribution in [2.24, 2.45) is 4.99 Å². The number of amides is 1. The van der Waals surface area contributed by atoms with Crippen LogP contribution >= 0.6 is 23.1 Å². The Labute approximate surface area is 163 Å². The van der Waals surface area contributed by atoms with Gasteiger partial charge in [-0.3, -0.25) is 8.75 Å². The highest BCUT2D eigenvalue weighted by molar-refractivity contribution is 7.04. The second-order valence-electron chi connectivity index (χ2n) is 6.85. The van der Waals surface area contributed by atoms with Gasteiger partial charge in [0.1, 0.15) is 5.75 Å². The van der Waals surface area contributed by atoms with Gasteiger partial charge in [-0.05, 0) is 56.9 Å². The van der Waals surface area contributed by atoms with E-state index in [-0.39, 0.29) is 5.54 Å². The van der Waals surface area contributed by atoms with Crippen LogP contribution in [0.15, 0.2) is 29.4 Å². The number of hydrogen-bond acceptors (Lipinski definition) is 4. The number of rotatable bonds is 6. The van der Waals surface area contributed by atoms with Gasteiger partial charge in [0.2, 0.25) is 0 Å². The molecule has 0 saturated carbocycles. The van der Waals surface area contributed by atoms with Gasteiger partial charge in [0.25, 0.3) is 5.91 Å².